The Hall–Kier alpha value is -1.02. The van der Waals surface area contributed by atoms with Crippen LogP contribution in [0, 0.1) is 0 Å². The normalized spacial score (nSPS) is 10.6. The predicted octanol–water partition coefficient (Wildman–Crippen LogP) is 2.70. The molecule has 1 aromatic carbocycles. The van der Waals surface area contributed by atoms with E-state index in [-0.39, 0.29) is 6.61 Å². The van der Waals surface area contributed by atoms with Crippen LogP contribution in [0.4, 0.5) is 0 Å². The molecule has 0 amide bonds. The van der Waals surface area contributed by atoms with Crippen molar-refractivity contribution >= 4 is 0 Å². The first-order valence-electron chi connectivity index (χ1n) is 5.05. The largest absolute Gasteiger partial charge is 0.494 e. The molecule has 78 valence electrons. The molecule has 14 heavy (non-hydrogen) atoms. The summed E-state index contributed by atoms with van der Waals surface area (Å²) in [4.78, 5) is 0. The van der Waals surface area contributed by atoms with Crippen molar-refractivity contribution in [1.29, 1.82) is 0 Å². The molecular weight excluding hydrogens is 176 g/mol. The zero-order valence-electron chi connectivity index (χ0n) is 9.08. The van der Waals surface area contributed by atoms with Crippen LogP contribution >= 0.6 is 0 Å². The molecule has 0 bridgehead atoms. The van der Waals surface area contributed by atoms with Crippen molar-refractivity contribution in [3.8, 4) is 5.75 Å². The molecule has 0 radical (unpaired) electrons. The van der Waals surface area contributed by atoms with Crippen molar-refractivity contribution in [3.05, 3.63) is 29.3 Å². The highest BCUT2D eigenvalue weighted by Gasteiger charge is 2.05. The average molecular weight is 194 g/mol. The van der Waals surface area contributed by atoms with Crippen LogP contribution in [-0.2, 0) is 6.61 Å². The molecule has 0 spiro atoms. The molecule has 1 N–H and O–H groups in total. The van der Waals surface area contributed by atoms with E-state index < -0.39 is 0 Å². The van der Waals surface area contributed by atoms with Crippen molar-refractivity contribution in [3.63, 3.8) is 0 Å². The van der Waals surface area contributed by atoms with Gasteiger partial charge < -0.3 is 9.84 Å². The monoisotopic (exact) mass is 194 g/mol. The Morgan fingerprint density at radius 2 is 2.07 bits per heavy atom. The first kappa shape index (κ1) is 11.1. The molecule has 0 aliphatic rings. The van der Waals surface area contributed by atoms with Gasteiger partial charge in [-0.2, -0.15) is 0 Å². The summed E-state index contributed by atoms with van der Waals surface area (Å²) in [6, 6.07) is 5.99. The number of rotatable bonds is 4. The lowest BCUT2D eigenvalue weighted by Gasteiger charge is -2.12. The van der Waals surface area contributed by atoms with Gasteiger partial charge in [-0.25, -0.2) is 0 Å². The lowest BCUT2D eigenvalue weighted by molar-refractivity contribution is 0.267. The van der Waals surface area contributed by atoms with Crippen LogP contribution in [0.25, 0.3) is 0 Å². The average Bonchev–Trinajstić information content (AvgIpc) is 2.18. The number of ether oxygens (including phenoxy) is 1. The fraction of sp³-hybridized carbons (Fsp3) is 0.500. The molecule has 0 heterocycles. The summed E-state index contributed by atoms with van der Waals surface area (Å²) in [6.45, 7) is 6.88. The van der Waals surface area contributed by atoms with Crippen LogP contribution in [0.15, 0.2) is 18.2 Å². The summed E-state index contributed by atoms with van der Waals surface area (Å²) >= 11 is 0. The highest BCUT2D eigenvalue weighted by molar-refractivity contribution is 5.37. The lowest BCUT2D eigenvalue weighted by Crippen LogP contribution is -1.98. The smallest absolute Gasteiger partial charge is 0.124 e. The van der Waals surface area contributed by atoms with Crippen LogP contribution in [-0.4, -0.2) is 11.7 Å². The third-order valence-corrected chi connectivity index (χ3v) is 2.22. The van der Waals surface area contributed by atoms with Gasteiger partial charge in [0.15, 0.2) is 0 Å². The second-order valence-corrected chi connectivity index (χ2v) is 3.61. The van der Waals surface area contributed by atoms with E-state index in [0.717, 1.165) is 11.3 Å². The summed E-state index contributed by atoms with van der Waals surface area (Å²) in [5, 5.41) is 9.17. The molecular formula is C12H18O2. The van der Waals surface area contributed by atoms with E-state index in [1.807, 2.05) is 19.1 Å². The van der Waals surface area contributed by atoms with Gasteiger partial charge in [0.2, 0.25) is 0 Å². The van der Waals surface area contributed by atoms with Gasteiger partial charge in [0.25, 0.3) is 0 Å². The third-order valence-electron chi connectivity index (χ3n) is 2.22. The van der Waals surface area contributed by atoms with Crippen molar-refractivity contribution in [2.24, 2.45) is 0 Å². The van der Waals surface area contributed by atoms with Gasteiger partial charge in [-0.3, -0.25) is 0 Å². The van der Waals surface area contributed by atoms with Crippen molar-refractivity contribution in [2.45, 2.75) is 33.3 Å². The Morgan fingerprint density at radius 3 is 2.57 bits per heavy atom. The van der Waals surface area contributed by atoms with E-state index in [0.29, 0.717) is 12.5 Å². The Bertz CT molecular complexity index is 292. The van der Waals surface area contributed by atoms with E-state index in [1.54, 1.807) is 0 Å². The van der Waals surface area contributed by atoms with E-state index in [1.165, 1.54) is 5.56 Å². The van der Waals surface area contributed by atoms with Crippen molar-refractivity contribution < 1.29 is 9.84 Å². The van der Waals surface area contributed by atoms with Gasteiger partial charge in [-0.15, -0.1) is 0 Å². The molecule has 2 nitrogen and oxygen atoms in total. The minimum Gasteiger partial charge on any atom is -0.494 e. The molecule has 0 aliphatic heterocycles. The molecule has 0 aliphatic carbocycles. The summed E-state index contributed by atoms with van der Waals surface area (Å²) < 4.78 is 5.40. The second kappa shape index (κ2) is 5.01. The zero-order chi connectivity index (χ0) is 10.6. The van der Waals surface area contributed by atoms with Gasteiger partial charge in [0.05, 0.1) is 13.2 Å². The van der Waals surface area contributed by atoms with Gasteiger partial charge in [-0.05, 0) is 30.5 Å². The van der Waals surface area contributed by atoms with Crippen LogP contribution in [0.3, 0.4) is 0 Å². The standard InChI is InChI=1S/C12H18O2/c1-4-14-12-6-5-10(9(2)3)7-11(12)8-13/h5-7,9,13H,4,8H2,1-3H3. The maximum absolute atomic E-state index is 9.17. The highest BCUT2D eigenvalue weighted by Crippen LogP contribution is 2.24. The second-order valence-electron chi connectivity index (χ2n) is 3.61. The van der Waals surface area contributed by atoms with Gasteiger partial charge >= 0.3 is 0 Å². The van der Waals surface area contributed by atoms with E-state index in [4.69, 9.17) is 4.74 Å². The fourth-order valence-electron chi connectivity index (χ4n) is 1.38. The molecule has 1 rings (SSSR count). The first-order chi connectivity index (χ1) is 6.69. The van der Waals surface area contributed by atoms with Gasteiger partial charge in [-0.1, -0.05) is 19.9 Å². The van der Waals surface area contributed by atoms with Crippen LogP contribution < -0.4 is 4.74 Å². The van der Waals surface area contributed by atoms with Crippen molar-refractivity contribution in [2.75, 3.05) is 6.61 Å². The van der Waals surface area contributed by atoms with Crippen LogP contribution in [0.5, 0.6) is 5.75 Å². The maximum atomic E-state index is 9.17. The number of hydrogen-bond donors (Lipinski definition) is 1. The predicted molar refractivity (Wildman–Crippen MR) is 57.6 cm³/mol. The number of aliphatic hydroxyl groups excluding tert-OH is 1. The van der Waals surface area contributed by atoms with Crippen LogP contribution in [0.1, 0.15) is 37.8 Å². The van der Waals surface area contributed by atoms with E-state index in [9.17, 15) is 5.11 Å². The first-order valence-corrected chi connectivity index (χ1v) is 5.05. The Labute approximate surface area is 85.5 Å². The molecule has 0 saturated heterocycles. The summed E-state index contributed by atoms with van der Waals surface area (Å²) in [5.74, 6) is 1.27. The molecule has 0 atom stereocenters. The summed E-state index contributed by atoms with van der Waals surface area (Å²) in [5.41, 5.74) is 2.11. The number of hydrogen-bond acceptors (Lipinski definition) is 2. The van der Waals surface area contributed by atoms with Crippen LogP contribution in [0.2, 0.25) is 0 Å². The number of benzene rings is 1. The summed E-state index contributed by atoms with van der Waals surface area (Å²) in [7, 11) is 0. The summed E-state index contributed by atoms with van der Waals surface area (Å²) in [6.07, 6.45) is 0. The Balaban J connectivity index is 2.98. The molecule has 0 aromatic heterocycles. The Kier molecular flexibility index (Phi) is 3.96. The molecule has 0 saturated carbocycles. The van der Waals surface area contributed by atoms with Gasteiger partial charge in [0.1, 0.15) is 5.75 Å². The highest BCUT2D eigenvalue weighted by atomic mass is 16.5. The van der Waals surface area contributed by atoms with E-state index >= 15 is 0 Å². The number of aliphatic hydroxyl groups is 1. The van der Waals surface area contributed by atoms with E-state index in [2.05, 4.69) is 19.9 Å². The molecule has 2 heteroatoms. The molecule has 0 fully saturated rings. The molecule has 0 unspecified atom stereocenters. The molecule has 1 aromatic rings. The topological polar surface area (TPSA) is 29.5 Å². The SMILES string of the molecule is CCOc1ccc(C(C)C)cc1CO. The Morgan fingerprint density at radius 1 is 1.36 bits per heavy atom. The minimum absolute atomic E-state index is 0.0376. The zero-order valence-corrected chi connectivity index (χ0v) is 9.08. The fourth-order valence-corrected chi connectivity index (χ4v) is 1.38. The maximum Gasteiger partial charge on any atom is 0.124 e. The third kappa shape index (κ3) is 2.48. The minimum atomic E-state index is 0.0376. The quantitative estimate of drug-likeness (QED) is 0.798. The lowest BCUT2D eigenvalue weighted by atomic mass is 10.0. The van der Waals surface area contributed by atoms with Gasteiger partial charge in [0, 0.05) is 5.56 Å². The van der Waals surface area contributed by atoms with Crippen molar-refractivity contribution in [1.82, 2.24) is 0 Å².